The summed E-state index contributed by atoms with van der Waals surface area (Å²) < 4.78 is 16.5. The van der Waals surface area contributed by atoms with Crippen LogP contribution in [-0.4, -0.2) is 39.5 Å². The molecule has 0 unspecified atom stereocenters. The molecule has 1 saturated carbocycles. The number of nitrogens with one attached hydrogen (secondary N) is 1. The molecule has 1 aromatic rings. The van der Waals surface area contributed by atoms with Gasteiger partial charge in [0.1, 0.15) is 0 Å². The Hall–Kier alpha value is -1.26. The van der Waals surface area contributed by atoms with Crippen molar-refractivity contribution in [3.63, 3.8) is 0 Å². The molecule has 22 heavy (non-hydrogen) atoms. The summed E-state index contributed by atoms with van der Waals surface area (Å²) in [5.74, 6) is 2.28. The maximum Gasteiger partial charge on any atom is 0.160 e. The van der Waals surface area contributed by atoms with Gasteiger partial charge in [0.2, 0.25) is 0 Å². The third-order valence-electron chi connectivity index (χ3n) is 5.33. The van der Waals surface area contributed by atoms with Crippen molar-refractivity contribution in [1.82, 2.24) is 5.32 Å². The van der Waals surface area contributed by atoms with Crippen molar-refractivity contribution >= 4 is 0 Å². The lowest BCUT2D eigenvalue weighted by Crippen LogP contribution is -2.66. The Bertz CT molecular complexity index is 529. The van der Waals surface area contributed by atoms with Gasteiger partial charge in [0, 0.05) is 24.0 Å². The Morgan fingerprint density at radius 1 is 1.23 bits per heavy atom. The molecule has 0 amide bonds. The molecule has 0 radical (unpaired) electrons. The molecule has 3 atom stereocenters. The zero-order chi connectivity index (χ0) is 15.7. The molecule has 122 valence electrons. The van der Waals surface area contributed by atoms with E-state index in [0.29, 0.717) is 18.1 Å². The van der Waals surface area contributed by atoms with Crippen molar-refractivity contribution in [2.24, 2.45) is 11.3 Å². The van der Waals surface area contributed by atoms with Crippen molar-refractivity contribution in [2.45, 2.75) is 38.8 Å². The van der Waals surface area contributed by atoms with E-state index in [4.69, 9.17) is 14.2 Å². The molecule has 4 nitrogen and oxygen atoms in total. The summed E-state index contributed by atoms with van der Waals surface area (Å²) in [4.78, 5) is 0. The van der Waals surface area contributed by atoms with E-state index in [0.717, 1.165) is 31.1 Å². The first-order valence-electron chi connectivity index (χ1n) is 8.14. The smallest absolute Gasteiger partial charge is 0.160 e. The Balaban J connectivity index is 1.55. The van der Waals surface area contributed by atoms with E-state index in [1.165, 1.54) is 12.0 Å². The average molecular weight is 305 g/mol. The van der Waals surface area contributed by atoms with Gasteiger partial charge in [-0.1, -0.05) is 19.9 Å². The number of hydrogen-bond acceptors (Lipinski definition) is 4. The fourth-order valence-electron chi connectivity index (χ4n) is 4.15. The molecule has 1 aliphatic carbocycles. The fraction of sp³-hybridized carbons (Fsp3) is 0.667. The van der Waals surface area contributed by atoms with Crippen LogP contribution in [0.3, 0.4) is 0 Å². The maximum atomic E-state index is 5.85. The van der Waals surface area contributed by atoms with E-state index >= 15 is 0 Å². The van der Waals surface area contributed by atoms with Crippen LogP contribution < -0.4 is 14.8 Å². The number of benzene rings is 1. The Labute approximate surface area is 133 Å². The van der Waals surface area contributed by atoms with Crippen LogP contribution in [0.4, 0.5) is 0 Å². The normalized spacial score (nSPS) is 28.8. The van der Waals surface area contributed by atoms with E-state index in [1.54, 1.807) is 14.2 Å². The summed E-state index contributed by atoms with van der Waals surface area (Å²) in [5, 5.41) is 3.74. The van der Waals surface area contributed by atoms with Crippen LogP contribution in [0.5, 0.6) is 11.5 Å². The summed E-state index contributed by atoms with van der Waals surface area (Å²) in [6.45, 7) is 6.53. The highest BCUT2D eigenvalue weighted by Gasteiger charge is 2.58. The van der Waals surface area contributed by atoms with Gasteiger partial charge in [-0.05, 0) is 37.1 Å². The molecule has 1 N–H and O–H groups in total. The van der Waals surface area contributed by atoms with Gasteiger partial charge < -0.3 is 19.5 Å². The van der Waals surface area contributed by atoms with Crippen molar-refractivity contribution in [2.75, 3.05) is 27.4 Å². The second-order valence-corrected chi connectivity index (χ2v) is 6.94. The molecule has 0 spiro atoms. The molecule has 0 aromatic heterocycles. The number of hydrogen-bond donors (Lipinski definition) is 1. The topological polar surface area (TPSA) is 39.7 Å². The number of fused-ring (bicyclic) bond motifs is 1. The molecule has 1 saturated heterocycles. The first-order chi connectivity index (χ1) is 10.6. The van der Waals surface area contributed by atoms with Crippen LogP contribution in [0, 0.1) is 11.3 Å². The largest absolute Gasteiger partial charge is 0.493 e. The lowest BCUT2D eigenvalue weighted by Gasteiger charge is -2.55. The van der Waals surface area contributed by atoms with Crippen molar-refractivity contribution in [3.05, 3.63) is 23.8 Å². The second kappa shape index (κ2) is 6.09. The molecule has 2 aliphatic rings. The van der Waals surface area contributed by atoms with Gasteiger partial charge in [0.15, 0.2) is 11.5 Å². The highest BCUT2D eigenvalue weighted by atomic mass is 16.5. The Morgan fingerprint density at radius 2 is 2.00 bits per heavy atom. The van der Waals surface area contributed by atoms with Gasteiger partial charge >= 0.3 is 0 Å². The van der Waals surface area contributed by atoms with Crippen LogP contribution >= 0.6 is 0 Å². The van der Waals surface area contributed by atoms with Crippen molar-refractivity contribution < 1.29 is 14.2 Å². The number of ether oxygens (including phenoxy) is 3. The van der Waals surface area contributed by atoms with E-state index in [-0.39, 0.29) is 5.41 Å². The zero-order valence-electron chi connectivity index (χ0n) is 14.0. The minimum Gasteiger partial charge on any atom is -0.493 e. The van der Waals surface area contributed by atoms with Crippen molar-refractivity contribution in [1.29, 1.82) is 0 Å². The van der Waals surface area contributed by atoms with Gasteiger partial charge in [0.25, 0.3) is 0 Å². The Kier molecular flexibility index (Phi) is 4.33. The molecule has 0 bridgehead atoms. The van der Waals surface area contributed by atoms with Gasteiger partial charge in [-0.3, -0.25) is 0 Å². The van der Waals surface area contributed by atoms with E-state index in [1.807, 2.05) is 6.07 Å². The lowest BCUT2D eigenvalue weighted by molar-refractivity contribution is -0.112. The van der Waals surface area contributed by atoms with Crippen LogP contribution in [0.15, 0.2) is 18.2 Å². The zero-order valence-corrected chi connectivity index (χ0v) is 14.0. The maximum absolute atomic E-state index is 5.85. The number of rotatable bonds is 6. The highest BCUT2D eigenvalue weighted by Crippen LogP contribution is 2.52. The van der Waals surface area contributed by atoms with Gasteiger partial charge in [-0.15, -0.1) is 0 Å². The second-order valence-electron chi connectivity index (χ2n) is 6.94. The summed E-state index contributed by atoms with van der Waals surface area (Å²) in [5.41, 5.74) is 1.51. The molecule has 1 aliphatic heterocycles. The molecular formula is C18H27NO3. The predicted octanol–water partition coefficient (Wildman–Crippen LogP) is 2.65. The predicted molar refractivity (Wildman–Crippen MR) is 86.7 cm³/mol. The molecule has 3 rings (SSSR count). The summed E-state index contributed by atoms with van der Waals surface area (Å²) in [7, 11) is 3.34. The van der Waals surface area contributed by atoms with Crippen LogP contribution in [-0.2, 0) is 11.2 Å². The van der Waals surface area contributed by atoms with E-state index < -0.39 is 0 Å². The molecule has 4 heteroatoms. The van der Waals surface area contributed by atoms with Crippen LogP contribution in [0.2, 0.25) is 0 Å². The summed E-state index contributed by atoms with van der Waals surface area (Å²) in [6.07, 6.45) is 2.64. The summed E-state index contributed by atoms with van der Waals surface area (Å²) in [6, 6.07) is 6.72. The lowest BCUT2D eigenvalue weighted by atomic mass is 9.57. The SMILES string of the molecule is COc1ccc(CCN[C@@H]2[C@@H]3CCO[C@H]3C2(C)C)cc1OC. The highest BCUT2D eigenvalue weighted by molar-refractivity contribution is 5.42. The standard InChI is InChI=1S/C18H27NO3/c1-18(2)16(13-8-10-22-17(13)18)19-9-7-12-5-6-14(20-3)15(11-12)21-4/h5-6,11,13,16-17,19H,7-10H2,1-4H3/t13-,16+,17+/m0/s1. The minimum atomic E-state index is 0.249. The van der Waals surface area contributed by atoms with E-state index in [2.05, 4.69) is 31.3 Å². The van der Waals surface area contributed by atoms with Crippen molar-refractivity contribution in [3.8, 4) is 11.5 Å². The third kappa shape index (κ3) is 2.59. The van der Waals surface area contributed by atoms with Crippen LogP contribution in [0.25, 0.3) is 0 Å². The third-order valence-corrected chi connectivity index (χ3v) is 5.33. The van der Waals surface area contributed by atoms with Crippen LogP contribution in [0.1, 0.15) is 25.8 Å². The average Bonchev–Trinajstić information content (AvgIpc) is 2.98. The quantitative estimate of drug-likeness (QED) is 0.877. The first kappa shape index (κ1) is 15.6. The molecule has 2 fully saturated rings. The Morgan fingerprint density at radius 3 is 2.73 bits per heavy atom. The van der Waals surface area contributed by atoms with Gasteiger partial charge in [-0.2, -0.15) is 0 Å². The van der Waals surface area contributed by atoms with Gasteiger partial charge in [-0.25, -0.2) is 0 Å². The molecule has 1 aromatic carbocycles. The first-order valence-corrected chi connectivity index (χ1v) is 8.14. The molecule has 1 heterocycles. The molecular weight excluding hydrogens is 278 g/mol. The summed E-state index contributed by atoms with van der Waals surface area (Å²) >= 11 is 0. The fourth-order valence-corrected chi connectivity index (χ4v) is 4.15. The minimum absolute atomic E-state index is 0.249. The van der Waals surface area contributed by atoms with Gasteiger partial charge in [0.05, 0.1) is 20.3 Å². The monoisotopic (exact) mass is 305 g/mol. The number of methoxy groups -OCH3 is 2. The van der Waals surface area contributed by atoms with E-state index in [9.17, 15) is 0 Å².